The van der Waals surface area contributed by atoms with Gasteiger partial charge < -0.3 is 19.4 Å². The molecule has 1 unspecified atom stereocenters. The summed E-state index contributed by atoms with van der Waals surface area (Å²) in [5, 5.41) is 12.5. The third-order valence-corrected chi connectivity index (χ3v) is 7.68. The van der Waals surface area contributed by atoms with Gasteiger partial charge in [-0.25, -0.2) is 4.79 Å². The Balaban J connectivity index is 1.65. The predicted molar refractivity (Wildman–Crippen MR) is 135 cm³/mol. The number of carbonyl (C=O) groups is 2. The summed E-state index contributed by atoms with van der Waals surface area (Å²) in [5.41, 5.74) is 3.49. The maximum absolute atomic E-state index is 12.6. The highest BCUT2D eigenvalue weighted by molar-refractivity contribution is 7.99. The number of nitrogens with one attached hydrogen (secondary N) is 1. The van der Waals surface area contributed by atoms with Crippen LogP contribution in [0, 0.1) is 27.7 Å². The Morgan fingerprint density at radius 2 is 1.91 bits per heavy atom. The van der Waals surface area contributed by atoms with Crippen LogP contribution in [0.2, 0.25) is 0 Å². The van der Waals surface area contributed by atoms with Crippen molar-refractivity contribution in [3.63, 3.8) is 0 Å². The summed E-state index contributed by atoms with van der Waals surface area (Å²) in [6, 6.07) is 5.95. The maximum Gasteiger partial charge on any atom is 0.341 e. The van der Waals surface area contributed by atoms with Crippen LogP contribution in [0.4, 0.5) is 5.00 Å². The number of ether oxygens (including phenoxy) is 2. The molecule has 1 amide bonds. The third kappa shape index (κ3) is 5.61. The van der Waals surface area contributed by atoms with Crippen LogP contribution in [0.3, 0.4) is 0 Å². The molecule has 34 heavy (non-hydrogen) atoms. The van der Waals surface area contributed by atoms with Crippen LogP contribution in [0.15, 0.2) is 23.4 Å². The summed E-state index contributed by atoms with van der Waals surface area (Å²) < 4.78 is 13.1. The normalized spacial score (nSPS) is 11.9. The van der Waals surface area contributed by atoms with Crippen molar-refractivity contribution in [1.82, 2.24) is 14.8 Å². The first-order chi connectivity index (χ1) is 16.1. The van der Waals surface area contributed by atoms with Gasteiger partial charge in [0, 0.05) is 11.9 Å². The van der Waals surface area contributed by atoms with Crippen molar-refractivity contribution in [3.05, 3.63) is 51.2 Å². The Kier molecular flexibility index (Phi) is 8.37. The number of esters is 1. The molecule has 3 rings (SSSR count). The number of anilines is 1. The molecule has 3 aromatic rings. The fraction of sp³-hybridized carbons (Fsp3) is 0.417. The van der Waals surface area contributed by atoms with Crippen LogP contribution in [-0.2, 0) is 16.6 Å². The fourth-order valence-electron chi connectivity index (χ4n) is 3.36. The standard InChI is InChI=1S/C24H30N4O4S2/c1-8-31-23(30)20-15(4)17(6)34-22(20)25-19(29)12-33-24-27-26-21(28(24)7)16(5)32-18-11-9-10-13(2)14(18)3/h9-11,16H,8,12H2,1-7H3,(H,25,29). The zero-order valence-corrected chi connectivity index (χ0v) is 22.1. The van der Waals surface area contributed by atoms with Gasteiger partial charge >= 0.3 is 5.97 Å². The number of aromatic nitrogens is 3. The first kappa shape index (κ1) is 25.8. The topological polar surface area (TPSA) is 95.3 Å². The van der Waals surface area contributed by atoms with Crippen molar-refractivity contribution in [2.24, 2.45) is 7.05 Å². The van der Waals surface area contributed by atoms with E-state index >= 15 is 0 Å². The number of nitrogens with zero attached hydrogens (tertiary/aromatic N) is 3. The third-order valence-electron chi connectivity index (χ3n) is 5.54. The quantitative estimate of drug-likeness (QED) is 0.319. The van der Waals surface area contributed by atoms with Crippen LogP contribution >= 0.6 is 23.1 Å². The molecule has 0 saturated carbocycles. The summed E-state index contributed by atoms with van der Waals surface area (Å²) in [6.07, 6.45) is -0.314. The van der Waals surface area contributed by atoms with E-state index in [0.29, 0.717) is 21.5 Å². The molecule has 1 atom stereocenters. The minimum absolute atomic E-state index is 0.121. The minimum atomic E-state index is -0.428. The van der Waals surface area contributed by atoms with Gasteiger partial charge in [-0.3, -0.25) is 4.79 Å². The first-order valence-corrected chi connectivity index (χ1v) is 12.8. The van der Waals surface area contributed by atoms with Crippen molar-refractivity contribution in [2.45, 2.75) is 52.8 Å². The lowest BCUT2D eigenvalue weighted by Gasteiger charge is -2.16. The van der Waals surface area contributed by atoms with Crippen LogP contribution in [-0.4, -0.2) is 39.0 Å². The van der Waals surface area contributed by atoms with Crippen LogP contribution in [0.1, 0.15) is 57.7 Å². The van der Waals surface area contributed by atoms with Gasteiger partial charge in [0.2, 0.25) is 5.91 Å². The number of amides is 1. The van der Waals surface area contributed by atoms with E-state index in [0.717, 1.165) is 27.3 Å². The van der Waals surface area contributed by atoms with Crippen molar-refractivity contribution >= 4 is 40.0 Å². The number of hydrogen-bond acceptors (Lipinski definition) is 8. The monoisotopic (exact) mass is 502 g/mol. The molecule has 2 aromatic heterocycles. The molecule has 0 fully saturated rings. The molecule has 0 aliphatic carbocycles. The first-order valence-electron chi connectivity index (χ1n) is 11.0. The van der Waals surface area contributed by atoms with Gasteiger partial charge in [0.05, 0.1) is 17.9 Å². The molecule has 182 valence electrons. The molecule has 10 heteroatoms. The molecule has 0 aliphatic heterocycles. The van der Waals surface area contributed by atoms with E-state index in [4.69, 9.17) is 9.47 Å². The highest BCUT2D eigenvalue weighted by Crippen LogP contribution is 2.33. The Bertz CT molecular complexity index is 1200. The van der Waals surface area contributed by atoms with Crippen LogP contribution in [0.5, 0.6) is 5.75 Å². The molecule has 1 N–H and O–H groups in total. The molecule has 0 saturated heterocycles. The van der Waals surface area contributed by atoms with E-state index in [1.807, 2.05) is 64.4 Å². The van der Waals surface area contributed by atoms with Gasteiger partial charge in [0.25, 0.3) is 0 Å². The molecule has 0 spiro atoms. The number of aryl methyl sites for hydroxylation is 2. The number of rotatable bonds is 9. The molecule has 0 aliphatic rings. The second-order valence-corrected chi connectivity index (χ2v) is 10.1. The smallest absolute Gasteiger partial charge is 0.341 e. The van der Waals surface area contributed by atoms with E-state index in [1.165, 1.54) is 23.1 Å². The number of thioether (sulfide) groups is 1. The van der Waals surface area contributed by atoms with Crippen LogP contribution < -0.4 is 10.1 Å². The zero-order chi connectivity index (χ0) is 25.0. The van der Waals surface area contributed by atoms with Crippen molar-refractivity contribution in [3.8, 4) is 5.75 Å². The van der Waals surface area contributed by atoms with Crippen molar-refractivity contribution in [2.75, 3.05) is 17.7 Å². The van der Waals surface area contributed by atoms with Gasteiger partial charge in [0.15, 0.2) is 17.1 Å². The minimum Gasteiger partial charge on any atom is -0.482 e. The molecular weight excluding hydrogens is 472 g/mol. The largest absolute Gasteiger partial charge is 0.482 e. The van der Waals surface area contributed by atoms with Crippen molar-refractivity contribution < 1.29 is 19.1 Å². The average Bonchev–Trinajstić information content (AvgIpc) is 3.28. The van der Waals surface area contributed by atoms with Gasteiger partial charge in [0.1, 0.15) is 10.8 Å². The van der Waals surface area contributed by atoms with Gasteiger partial charge in [-0.1, -0.05) is 23.9 Å². The Morgan fingerprint density at radius 3 is 2.62 bits per heavy atom. The SMILES string of the molecule is CCOC(=O)c1c(NC(=O)CSc2nnc(C(C)Oc3cccc(C)c3C)n2C)sc(C)c1C. The molecule has 1 aromatic carbocycles. The number of benzene rings is 1. The van der Waals surface area contributed by atoms with E-state index in [9.17, 15) is 9.59 Å². The molecule has 2 heterocycles. The van der Waals surface area contributed by atoms with Gasteiger partial charge in [-0.2, -0.15) is 0 Å². The number of carbonyl (C=O) groups excluding carboxylic acids is 2. The molecule has 8 nitrogen and oxygen atoms in total. The summed E-state index contributed by atoms with van der Waals surface area (Å²) >= 11 is 2.64. The number of thiophene rings is 1. The summed E-state index contributed by atoms with van der Waals surface area (Å²) in [4.78, 5) is 25.9. The van der Waals surface area contributed by atoms with E-state index in [1.54, 1.807) is 6.92 Å². The average molecular weight is 503 g/mol. The van der Waals surface area contributed by atoms with Gasteiger partial charge in [-0.05, 0) is 64.3 Å². The predicted octanol–water partition coefficient (Wildman–Crippen LogP) is 5.16. The lowest BCUT2D eigenvalue weighted by molar-refractivity contribution is -0.113. The second-order valence-electron chi connectivity index (χ2n) is 7.90. The fourth-order valence-corrected chi connectivity index (χ4v) is 5.14. The molecule has 0 bridgehead atoms. The Morgan fingerprint density at radius 1 is 1.18 bits per heavy atom. The molecule has 0 radical (unpaired) electrons. The highest BCUT2D eigenvalue weighted by Gasteiger charge is 2.23. The Labute approximate surface area is 208 Å². The number of hydrogen-bond donors (Lipinski definition) is 1. The summed E-state index contributed by atoms with van der Waals surface area (Å²) in [5.74, 6) is 0.932. The maximum atomic E-state index is 12.6. The second kappa shape index (κ2) is 11.1. The lowest BCUT2D eigenvalue weighted by Crippen LogP contribution is -2.17. The van der Waals surface area contributed by atoms with Crippen molar-refractivity contribution in [1.29, 1.82) is 0 Å². The van der Waals surface area contributed by atoms with E-state index < -0.39 is 5.97 Å². The van der Waals surface area contributed by atoms with E-state index in [2.05, 4.69) is 15.5 Å². The Hall–Kier alpha value is -2.85. The van der Waals surface area contributed by atoms with Gasteiger partial charge in [-0.15, -0.1) is 21.5 Å². The highest BCUT2D eigenvalue weighted by atomic mass is 32.2. The van der Waals surface area contributed by atoms with Crippen LogP contribution in [0.25, 0.3) is 0 Å². The van der Waals surface area contributed by atoms with E-state index in [-0.39, 0.29) is 24.4 Å². The zero-order valence-electron chi connectivity index (χ0n) is 20.5. The summed E-state index contributed by atoms with van der Waals surface area (Å²) in [7, 11) is 1.85. The lowest BCUT2D eigenvalue weighted by atomic mass is 10.1. The summed E-state index contributed by atoms with van der Waals surface area (Å²) in [6.45, 7) is 11.8. The molecular formula is C24H30N4O4S2.